The predicted molar refractivity (Wildman–Crippen MR) is 138 cm³/mol. The fourth-order valence-electron chi connectivity index (χ4n) is 5.09. The van der Waals surface area contributed by atoms with Gasteiger partial charge in [-0.2, -0.15) is 0 Å². The lowest BCUT2D eigenvalue weighted by atomic mass is 9.82. The van der Waals surface area contributed by atoms with Gasteiger partial charge in [0, 0.05) is 38.7 Å². The summed E-state index contributed by atoms with van der Waals surface area (Å²) in [6, 6.07) is 5.84. The molecule has 8 heteroatoms. The van der Waals surface area contributed by atoms with Gasteiger partial charge in [0.15, 0.2) is 0 Å². The number of anilines is 1. The van der Waals surface area contributed by atoms with Crippen LogP contribution in [0.2, 0.25) is 0 Å². The van der Waals surface area contributed by atoms with E-state index in [9.17, 15) is 9.59 Å². The van der Waals surface area contributed by atoms with E-state index in [2.05, 4.69) is 33.3 Å². The number of hydrogen-bond donors (Lipinski definition) is 2. The van der Waals surface area contributed by atoms with Crippen LogP contribution in [0, 0.1) is 11.8 Å². The second-order valence-electron chi connectivity index (χ2n) is 9.80. The number of nitrogens with zero attached hydrogens (tertiary/aromatic N) is 2. The molecule has 7 nitrogen and oxygen atoms in total. The molecule has 2 aliphatic heterocycles. The maximum absolute atomic E-state index is 12.9. The van der Waals surface area contributed by atoms with Gasteiger partial charge in [0.2, 0.25) is 5.91 Å². The van der Waals surface area contributed by atoms with Gasteiger partial charge in [-0.25, -0.2) is 4.31 Å². The summed E-state index contributed by atoms with van der Waals surface area (Å²) in [5.74, 6) is 2.17. The van der Waals surface area contributed by atoms with E-state index in [0.717, 1.165) is 67.3 Å². The molecule has 2 N–H and O–H groups in total. The molecule has 1 aromatic carbocycles. The zero-order valence-electron chi connectivity index (χ0n) is 20.4. The molecule has 2 heterocycles. The molecule has 1 saturated heterocycles. The average molecular weight is 485 g/mol. The molecule has 0 bridgehead atoms. The lowest BCUT2D eigenvalue weighted by Gasteiger charge is -2.34. The lowest BCUT2D eigenvalue weighted by molar-refractivity contribution is -0.125. The first-order valence-corrected chi connectivity index (χ1v) is 13.1. The number of aliphatic imine (C=N–C) groups is 1. The minimum absolute atomic E-state index is 0.0918. The largest absolute Gasteiger partial charge is 0.380 e. The Kier molecular flexibility index (Phi) is 8.11. The molecule has 0 radical (unpaired) electrons. The number of benzene rings is 1. The summed E-state index contributed by atoms with van der Waals surface area (Å²) in [4.78, 5) is 29.2. The molecule has 1 spiro atoms. The van der Waals surface area contributed by atoms with Crippen LogP contribution in [0.5, 0.6) is 0 Å². The van der Waals surface area contributed by atoms with E-state index in [-0.39, 0.29) is 11.8 Å². The van der Waals surface area contributed by atoms with E-state index in [0.29, 0.717) is 12.5 Å². The van der Waals surface area contributed by atoms with Crippen molar-refractivity contribution < 1.29 is 14.3 Å². The maximum Gasteiger partial charge on any atom is 0.253 e. The van der Waals surface area contributed by atoms with Crippen LogP contribution in [0.15, 0.2) is 28.6 Å². The van der Waals surface area contributed by atoms with Gasteiger partial charge < -0.3 is 15.4 Å². The van der Waals surface area contributed by atoms with Crippen molar-refractivity contribution in [1.82, 2.24) is 9.62 Å². The van der Waals surface area contributed by atoms with E-state index >= 15 is 0 Å². The number of carbonyl (C=O) groups is 2. The molecule has 3 aliphatic rings. The van der Waals surface area contributed by atoms with Gasteiger partial charge in [-0.3, -0.25) is 14.6 Å². The standard InChI is InChI=1S/C26H36N4O3S/c1-18-4-6-21(7-5-18)24-28-25(32)26(29-24)11-13-30(14-12-26)34-15-10-20-8-9-23(27-19(2)31)16-22(20)17-33-3/h8-10,15-16,18,21H,4-7,11-14,17H2,1-3H3,(H,27,31)(H,28,29,32)/b15-10+. The Morgan fingerprint density at radius 3 is 2.71 bits per heavy atom. The number of hydrogen-bond acceptors (Lipinski definition) is 6. The molecular formula is C26H36N4O3S. The summed E-state index contributed by atoms with van der Waals surface area (Å²) in [5, 5.41) is 8.04. The Labute approximate surface area is 206 Å². The second kappa shape index (κ2) is 11.1. The molecule has 1 aliphatic carbocycles. The molecule has 2 amide bonds. The summed E-state index contributed by atoms with van der Waals surface area (Å²) >= 11 is 1.67. The van der Waals surface area contributed by atoms with Crippen LogP contribution in [0.4, 0.5) is 5.69 Å². The topological polar surface area (TPSA) is 83.0 Å². The van der Waals surface area contributed by atoms with Gasteiger partial charge in [0.25, 0.3) is 5.91 Å². The van der Waals surface area contributed by atoms with E-state index in [4.69, 9.17) is 9.73 Å². The zero-order chi connectivity index (χ0) is 24.1. The van der Waals surface area contributed by atoms with Crippen molar-refractivity contribution in [2.24, 2.45) is 16.8 Å². The van der Waals surface area contributed by atoms with Gasteiger partial charge >= 0.3 is 0 Å². The summed E-state index contributed by atoms with van der Waals surface area (Å²) < 4.78 is 7.63. The summed E-state index contributed by atoms with van der Waals surface area (Å²) in [5.41, 5.74) is 2.28. The Hall–Kier alpha value is -2.16. The molecule has 1 aromatic rings. The van der Waals surface area contributed by atoms with Crippen LogP contribution in [0.1, 0.15) is 63.5 Å². The predicted octanol–water partition coefficient (Wildman–Crippen LogP) is 4.60. The Morgan fingerprint density at radius 2 is 2.03 bits per heavy atom. The number of amides is 2. The molecule has 4 rings (SSSR count). The number of methoxy groups -OCH3 is 1. The first-order chi connectivity index (χ1) is 16.4. The van der Waals surface area contributed by atoms with Crippen molar-refractivity contribution in [2.75, 3.05) is 25.5 Å². The monoisotopic (exact) mass is 484 g/mol. The third kappa shape index (κ3) is 5.90. The van der Waals surface area contributed by atoms with Gasteiger partial charge in [0.05, 0.1) is 6.61 Å². The summed E-state index contributed by atoms with van der Waals surface area (Å²) in [7, 11) is 1.67. The zero-order valence-corrected chi connectivity index (χ0v) is 21.2. The van der Waals surface area contributed by atoms with Gasteiger partial charge in [0.1, 0.15) is 11.4 Å². The van der Waals surface area contributed by atoms with Crippen LogP contribution < -0.4 is 10.6 Å². The van der Waals surface area contributed by atoms with E-state index in [1.54, 1.807) is 19.1 Å². The maximum atomic E-state index is 12.9. The van der Waals surface area contributed by atoms with E-state index in [1.807, 2.05) is 18.2 Å². The summed E-state index contributed by atoms with van der Waals surface area (Å²) in [6.07, 6.45) is 8.32. The van der Waals surface area contributed by atoms with Gasteiger partial charge in [-0.15, -0.1) is 0 Å². The first-order valence-electron chi connectivity index (χ1n) is 12.3. The van der Waals surface area contributed by atoms with Crippen molar-refractivity contribution >= 4 is 41.4 Å². The molecule has 0 aromatic heterocycles. The number of piperidine rings is 1. The minimum atomic E-state index is -0.565. The van der Waals surface area contributed by atoms with E-state index < -0.39 is 5.54 Å². The normalized spacial score (nSPS) is 24.9. The molecule has 0 unspecified atom stereocenters. The third-order valence-electron chi connectivity index (χ3n) is 7.17. The second-order valence-corrected chi connectivity index (χ2v) is 10.8. The number of carbonyl (C=O) groups excluding carboxylic acids is 2. The number of ether oxygens (including phenoxy) is 1. The Bertz CT molecular complexity index is 961. The number of rotatable bonds is 7. The van der Waals surface area contributed by atoms with Crippen molar-refractivity contribution in [3.05, 3.63) is 34.7 Å². The quantitative estimate of drug-likeness (QED) is 0.553. The third-order valence-corrected chi connectivity index (χ3v) is 8.09. The van der Waals surface area contributed by atoms with E-state index in [1.165, 1.54) is 19.8 Å². The average Bonchev–Trinajstić information content (AvgIpc) is 3.12. The molecule has 0 atom stereocenters. The van der Waals surface area contributed by atoms with Crippen molar-refractivity contribution in [1.29, 1.82) is 0 Å². The fraction of sp³-hybridized carbons (Fsp3) is 0.577. The van der Waals surface area contributed by atoms with Crippen LogP contribution >= 0.6 is 11.9 Å². The van der Waals surface area contributed by atoms with Gasteiger partial charge in [-0.05, 0) is 66.3 Å². The molecule has 34 heavy (non-hydrogen) atoms. The van der Waals surface area contributed by atoms with Crippen LogP contribution in [0.3, 0.4) is 0 Å². The summed E-state index contributed by atoms with van der Waals surface area (Å²) in [6.45, 7) is 5.94. The molecule has 184 valence electrons. The lowest BCUT2D eigenvalue weighted by Crippen LogP contribution is -2.47. The van der Waals surface area contributed by atoms with Gasteiger partial charge in [-0.1, -0.05) is 37.8 Å². The van der Waals surface area contributed by atoms with Crippen molar-refractivity contribution in [3.8, 4) is 0 Å². The number of amidine groups is 1. The molecule has 2 fully saturated rings. The number of nitrogens with one attached hydrogen (secondary N) is 2. The molecule has 1 saturated carbocycles. The smallest absolute Gasteiger partial charge is 0.253 e. The van der Waals surface area contributed by atoms with Crippen LogP contribution in [-0.2, 0) is 20.9 Å². The highest BCUT2D eigenvalue weighted by atomic mass is 32.2. The molecular weight excluding hydrogens is 448 g/mol. The Morgan fingerprint density at radius 1 is 1.29 bits per heavy atom. The van der Waals surface area contributed by atoms with Crippen molar-refractivity contribution in [2.45, 2.75) is 64.5 Å². The SMILES string of the molecule is COCc1cc(NC(C)=O)ccc1/C=C/SN1CCC2(CC1)N=C(C1CCC(C)CC1)NC2=O. The highest BCUT2D eigenvalue weighted by Crippen LogP contribution is 2.36. The van der Waals surface area contributed by atoms with Crippen LogP contribution in [-0.4, -0.2) is 47.7 Å². The highest BCUT2D eigenvalue weighted by molar-refractivity contribution is 8.00. The first kappa shape index (κ1) is 24.9. The van der Waals surface area contributed by atoms with Crippen LogP contribution in [0.25, 0.3) is 6.08 Å². The minimum Gasteiger partial charge on any atom is -0.380 e. The highest BCUT2D eigenvalue weighted by Gasteiger charge is 2.47. The Balaban J connectivity index is 1.33. The fourth-order valence-corrected chi connectivity index (χ4v) is 5.86. The van der Waals surface area contributed by atoms with Crippen molar-refractivity contribution in [3.63, 3.8) is 0 Å².